The van der Waals surface area contributed by atoms with Crippen molar-refractivity contribution in [2.75, 3.05) is 45.4 Å². The molecular formula is C16H23N3O2. The van der Waals surface area contributed by atoms with E-state index in [4.69, 9.17) is 9.47 Å². The third kappa shape index (κ3) is 4.10. The lowest BCUT2D eigenvalue weighted by Crippen LogP contribution is -2.39. The summed E-state index contributed by atoms with van der Waals surface area (Å²) in [6.45, 7) is 3.35. The van der Waals surface area contributed by atoms with E-state index >= 15 is 0 Å². The van der Waals surface area contributed by atoms with Gasteiger partial charge in [-0.2, -0.15) is 5.26 Å². The van der Waals surface area contributed by atoms with Crippen LogP contribution in [0.5, 0.6) is 5.75 Å². The first-order chi connectivity index (χ1) is 10.3. The van der Waals surface area contributed by atoms with Crippen LogP contribution in [0, 0.1) is 11.3 Å². The smallest absolute Gasteiger partial charge is 0.121 e. The van der Waals surface area contributed by atoms with Crippen molar-refractivity contribution >= 4 is 5.69 Å². The molecular weight excluding hydrogens is 266 g/mol. The first kappa shape index (κ1) is 15.6. The van der Waals surface area contributed by atoms with Crippen molar-refractivity contribution in [3.8, 4) is 11.8 Å². The highest BCUT2D eigenvalue weighted by Crippen LogP contribution is 2.26. The van der Waals surface area contributed by atoms with Gasteiger partial charge in [0.15, 0.2) is 0 Å². The van der Waals surface area contributed by atoms with Crippen LogP contribution in [-0.4, -0.2) is 46.5 Å². The van der Waals surface area contributed by atoms with E-state index in [1.807, 2.05) is 18.2 Å². The number of nitrogens with one attached hydrogen (secondary N) is 1. The minimum absolute atomic E-state index is 0.472. The van der Waals surface area contributed by atoms with E-state index in [0.29, 0.717) is 18.2 Å². The molecule has 1 fully saturated rings. The predicted octanol–water partition coefficient (Wildman–Crippen LogP) is 1.77. The quantitative estimate of drug-likeness (QED) is 0.829. The lowest BCUT2D eigenvalue weighted by molar-refractivity contribution is 0.204. The maximum Gasteiger partial charge on any atom is 0.121 e. The second-order valence-corrected chi connectivity index (χ2v) is 5.23. The van der Waals surface area contributed by atoms with Crippen LogP contribution in [0.2, 0.25) is 0 Å². The number of anilines is 1. The molecule has 1 N–H and O–H groups in total. The monoisotopic (exact) mass is 289 g/mol. The molecule has 0 amide bonds. The normalized spacial score (nSPS) is 17.5. The largest absolute Gasteiger partial charge is 0.497 e. The average Bonchev–Trinajstić information content (AvgIpc) is 3.03. The van der Waals surface area contributed by atoms with Gasteiger partial charge < -0.3 is 19.7 Å². The van der Waals surface area contributed by atoms with E-state index in [9.17, 15) is 5.26 Å². The number of hydrogen-bond donors (Lipinski definition) is 1. The molecule has 0 aliphatic carbocycles. The summed E-state index contributed by atoms with van der Waals surface area (Å²) in [7, 11) is 3.34. The second kappa shape index (κ2) is 7.87. The molecule has 1 aromatic carbocycles. The number of ether oxygens (including phenoxy) is 2. The lowest BCUT2D eigenvalue weighted by atomic mass is 10.1. The Balaban J connectivity index is 2.23. The Bertz CT molecular complexity index is 493. The Hall–Kier alpha value is -1.77. The number of benzene rings is 1. The SMILES string of the molecule is COCCN(CC1CCCN1)c1cc(OC)ccc1C#N. The van der Waals surface area contributed by atoms with Crippen molar-refractivity contribution in [2.45, 2.75) is 18.9 Å². The molecule has 21 heavy (non-hydrogen) atoms. The molecule has 2 rings (SSSR count). The van der Waals surface area contributed by atoms with Gasteiger partial charge in [-0.15, -0.1) is 0 Å². The number of nitriles is 1. The predicted molar refractivity (Wildman–Crippen MR) is 82.8 cm³/mol. The highest BCUT2D eigenvalue weighted by atomic mass is 16.5. The van der Waals surface area contributed by atoms with Crippen LogP contribution in [0.3, 0.4) is 0 Å². The Morgan fingerprint density at radius 3 is 2.90 bits per heavy atom. The van der Waals surface area contributed by atoms with Gasteiger partial charge in [-0.1, -0.05) is 0 Å². The molecule has 0 bridgehead atoms. The standard InChI is InChI=1S/C16H23N3O2/c1-20-9-8-19(12-14-4-3-7-18-14)16-10-15(21-2)6-5-13(16)11-17/h5-6,10,14,18H,3-4,7-9,12H2,1-2H3. The van der Waals surface area contributed by atoms with Gasteiger partial charge in [0.1, 0.15) is 11.8 Å². The lowest BCUT2D eigenvalue weighted by Gasteiger charge is -2.28. The van der Waals surface area contributed by atoms with Crippen LogP contribution in [-0.2, 0) is 4.74 Å². The molecule has 5 nitrogen and oxygen atoms in total. The summed E-state index contributed by atoms with van der Waals surface area (Å²) < 4.78 is 10.5. The summed E-state index contributed by atoms with van der Waals surface area (Å²) in [5, 5.41) is 12.9. The molecule has 114 valence electrons. The number of hydrogen-bond acceptors (Lipinski definition) is 5. The van der Waals surface area contributed by atoms with E-state index in [0.717, 1.165) is 31.1 Å². The van der Waals surface area contributed by atoms with Crippen LogP contribution in [0.4, 0.5) is 5.69 Å². The van der Waals surface area contributed by atoms with Gasteiger partial charge in [0.05, 0.1) is 25.0 Å². The molecule has 1 atom stereocenters. The van der Waals surface area contributed by atoms with Crippen LogP contribution in [0.25, 0.3) is 0 Å². The molecule has 1 heterocycles. The topological polar surface area (TPSA) is 57.5 Å². The fraction of sp³-hybridized carbons (Fsp3) is 0.562. The van der Waals surface area contributed by atoms with Gasteiger partial charge in [-0.3, -0.25) is 0 Å². The number of nitrogens with zero attached hydrogens (tertiary/aromatic N) is 2. The molecule has 0 saturated carbocycles. The third-order valence-electron chi connectivity index (χ3n) is 3.83. The van der Waals surface area contributed by atoms with Crippen LogP contribution in [0.15, 0.2) is 18.2 Å². The Morgan fingerprint density at radius 2 is 2.29 bits per heavy atom. The van der Waals surface area contributed by atoms with Crippen molar-refractivity contribution < 1.29 is 9.47 Å². The maximum atomic E-state index is 9.35. The second-order valence-electron chi connectivity index (χ2n) is 5.23. The first-order valence-electron chi connectivity index (χ1n) is 7.34. The van der Waals surface area contributed by atoms with E-state index in [2.05, 4.69) is 16.3 Å². The van der Waals surface area contributed by atoms with Gasteiger partial charge >= 0.3 is 0 Å². The Labute approximate surface area is 126 Å². The minimum Gasteiger partial charge on any atom is -0.497 e. The highest BCUT2D eigenvalue weighted by molar-refractivity contribution is 5.62. The molecule has 1 aliphatic heterocycles. The van der Waals surface area contributed by atoms with Gasteiger partial charge in [-0.25, -0.2) is 0 Å². The molecule has 1 aromatic rings. The minimum atomic E-state index is 0.472. The van der Waals surface area contributed by atoms with Crippen molar-refractivity contribution in [3.63, 3.8) is 0 Å². The van der Waals surface area contributed by atoms with Crippen LogP contribution in [0.1, 0.15) is 18.4 Å². The molecule has 0 spiro atoms. The van der Waals surface area contributed by atoms with Crippen molar-refractivity contribution in [3.05, 3.63) is 23.8 Å². The fourth-order valence-electron chi connectivity index (χ4n) is 2.68. The summed E-state index contributed by atoms with van der Waals surface area (Å²) in [5.74, 6) is 0.769. The van der Waals surface area contributed by atoms with Crippen molar-refractivity contribution in [2.24, 2.45) is 0 Å². The zero-order chi connectivity index (χ0) is 15.1. The summed E-state index contributed by atoms with van der Waals surface area (Å²) in [6.07, 6.45) is 2.39. The molecule has 1 unspecified atom stereocenters. The molecule has 5 heteroatoms. The van der Waals surface area contributed by atoms with E-state index in [-0.39, 0.29) is 0 Å². The zero-order valence-corrected chi connectivity index (χ0v) is 12.8. The summed E-state index contributed by atoms with van der Waals surface area (Å²) in [5.41, 5.74) is 1.59. The molecule has 0 aromatic heterocycles. The van der Waals surface area contributed by atoms with Crippen molar-refractivity contribution in [1.82, 2.24) is 5.32 Å². The van der Waals surface area contributed by atoms with Gasteiger partial charge in [0.2, 0.25) is 0 Å². The summed E-state index contributed by atoms with van der Waals surface area (Å²) >= 11 is 0. The third-order valence-corrected chi connectivity index (χ3v) is 3.83. The van der Waals surface area contributed by atoms with Crippen LogP contribution >= 0.6 is 0 Å². The Morgan fingerprint density at radius 1 is 1.43 bits per heavy atom. The molecule has 0 radical (unpaired) electrons. The van der Waals surface area contributed by atoms with Crippen LogP contribution < -0.4 is 15.0 Å². The van der Waals surface area contributed by atoms with Gasteiger partial charge in [0, 0.05) is 32.3 Å². The zero-order valence-electron chi connectivity index (χ0n) is 12.8. The van der Waals surface area contributed by atoms with E-state index in [1.54, 1.807) is 14.2 Å². The van der Waals surface area contributed by atoms with Gasteiger partial charge in [-0.05, 0) is 31.5 Å². The number of methoxy groups -OCH3 is 2. The molecule has 1 saturated heterocycles. The first-order valence-corrected chi connectivity index (χ1v) is 7.34. The maximum absolute atomic E-state index is 9.35. The van der Waals surface area contributed by atoms with E-state index < -0.39 is 0 Å². The Kier molecular flexibility index (Phi) is 5.85. The average molecular weight is 289 g/mol. The number of rotatable bonds is 7. The summed E-state index contributed by atoms with van der Waals surface area (Å²) in [4.78, 5) is 2.22. The van der Waals surface area contributed by atoms with Gasteiger partial charge in [0.25, 0.3) is 0 Å². The highest BCUT2D eigenvalue weighted by Gasteiger charge is 2.20. The summed E-state index contributed by atoms with van der Waals surface area (Å²) in [6, 6.07) is 8.32. The fourth-order valence-corrected chi connectivity index (χ4v) is 2.68. The van der Waals surface area contributed by atoms with E-state index in [1.165, 1.54) is 12.8 Å². The van der Waals surface area contributed by atoms with Crippen molar-refractivity contribution in [1.29, 1.82) is 5.26 Å². The molecule has 1 aliphatic rings.